The highest BCUT2D eigenvalue weighted by atomic mass is 16.5. The number of methoxy groups -OCH3 is 1. The summed E-state index contributed by atoms with van der Waals surface area (Å²) in [6.45, 7) is 2.62. The fourth-order valence-corrected chi connectivity index (χ4v) is 2.91. The minimum atomic E-state index is -0.0287. The van der Waals surface area contributed by atoms with Crippen LogP contribution in [0.15, 0.2) is 42.6 Å². The van der Waals surface area contributed by atoms with Crippen molar-refractivity contribution in [3.05, 3.63) is 42.6 Å². The monoisotopic (exact) mass is 355 g/mol. The fraction of sp³-hybridized carbons (Fsp3) is 0.400. The van der Waals surface area contributed by atoms with E-state index in [0.29, 0.717) is 19.4 Å². The number of ether oxygens (including phenoxy) is 2. The third kappa shape index (κ3) is 5.12. The Kier molecular flexibility index (Phi) is 6.30. The number of aromatic nitrogens is 1. The van der Waals surface area contributed by atoms with E-state index in [1.807, 2.05) is 36.4 Å². The summed E-state index contributed by atoms with van der Waals surface area (Å²) in [6.07, 6.45) is 5.22. The van der Waals surface area contributed by atoms with Gasteiger partial charge in [0.15, 0.2) is 0 Å². The Bertz CT molecular complexity index is 695. The molecule has 0 bridgehead atoms. The van der Waals surface area contributed by atoms with Crippen LogP contribution in [-0.4, -0.2) is 37.7 Å². The molecule has 2 aromatic rings. The summed E-state index contributed by atoms with van der Waals surface area (Å²) in [7, 11) is 1.63. The van der Waals surface area contributed by atoms with Crippen LogP contribution >= 0.6 is 0 Å². The van der Waals surface area contributed by atoms with Gasteiger partial charge in [0.05, 0.1) is 25.6 Å². The molecule has 2 heterocycles. The van der Waals surface area contributed by atoms with Crippen molar-refractivity contribution in [1.82, 2.24) is 4.98 Å². The van der Waals surface area contributed by atoms with Crippen LogP contribution in [0, 0.1) is 0 Å². The molecule has 6 heteroatoms. The van der Waals surface area contributed by atoms with Crippen LogP contribution in [0.1, 0.15) is 25.7 Å². The zero-order valence-corrected chi connectivity index (χ0v) is 15.1. The van der Waals surface area contributed by atoms with E-state index in [9.17, 15) is 4.79 Å². The number of hydrogen-bond donors (Lipinski definition) is 1. The molecular weight excluding hydrogens is 330 g/mol. The number of nitrogens with one attached hydrogen (secondary N) is 1. The third-order valence-corrected chi connectivity index (χ3v) is 4.34. The first-order chi connectivity index (χ1) is 12.7. The summed E-state index contributed by atoms with van der Waals surface area (Å²) >= 11 is 0. The predicted octanol–water partition coefficient (Wildman–Crippen LogP) is 3.49. The van der Waals surface area contributed by atoms with Crippen molar-refractivity contribution < 1.29 is 14.3 Å². The van der Waals surface area contributed by atoms with Crippen LogP contribution in [-0.2, 0) is 4.79 Å². The Hall–Kier alpha value is -2.76. The number of nitrogens with zero attached hydrogens (tertiary/aromatic N) is 2. The van der Waals surface area contributed by atoms with Gasteiger partial charge in [-0.05, 0) is 55.7 Å². The normalized spacial score (nSPS) is 13.5. The number of rotatable bonds is 8. The molecule has 1 N–H and O–H groups in total. The summed E-state index contributed by atoms with van der Waals surface area (Å²) in [5.74, 6) is 2.52. The highest BCUT2D eigenvalue weighted by molar-refractivity contribution is 5.90. The van der Waals surface area contributed by atoms with Crippen molar-refractivity contribution in [3.8, 4) is 11.5 Å². The lowest BCUT2D eigenvalue weighted by atomic mass is 10.3. The molecule has 6 nitrogen and oxygen atoms in total. The highest BCUT2D eigenvalue weighted by Crippen LogP contribution is 2.19. The highest BCUT2D eigenvalue weighted by Gasteiger charge is 2.13. The lowest BCUT2D eigenvalue weighted by Crippen LogP contribution is -2.19. The summed E-state index contributed by atoms with van der Waals surface area (Å²) in [4.78, 5) is 18.7. The van der Waals surface area contributed by atoms with Crippen LogP contribution in [0.3, 0.4) is 0 Å². The van der Waals surface area contributed by atoms with E-state index >= 15 is 0 Å². The Labute approximate surface area is 154 Å². The summed E-state index contributed by atoms with van der Waals surface area (Å²) < 4.78 is 10.7. The molecule has 0 atom stereocenters. The van der Waals surface area contributed by atoms with E-state index in [-0.39, 0.29) is 5.91 Å². The number of benzene rings is 1. The predicted molar refractivity (Wildman–Crippen MR) is 102 cm³/mol. The van der Waals surface area contributed by atoms with Crippen molar-refractivity contribution >= 4 is 17.4 Å². The summed E-state index contributed by atoms with van der Waals surface area (Å²) in [5.41, 5.74) is 0.731. The molecule has 0 saturated carbocycles. The van der Waals surface area contributed by atoms with E-state index in [2.05, 4.69) is 15.2 Å². The van der Waals surface area contributed by atoms with Crippen LogP contribution < -0.4 is 19.7 Å². The number of pyridine rings is 1. The molecule has 1 aromatic carbocycles. The standard InChI is InChI=1S/C20H25N3O3/c1-25-17-7-9-18(10-8-17)26-14-4-5-20(24)22-16-6-11-19(21-15-16)23-12-2-3-13-23/h6-11,15H,2-5,12-14H2,1H3,(H,22,24). The van der Waals surface area contributed by atoms with Crippen molar-refractivity contribution in [2.24, 2.45) is 0 Å². The number of carbonyl (C=O) groups is 1. The van der Waals surface area contributed by atoms with Gasteiger partial charge in [0.25, 0.3) is 0 Å². The number of amides is 1. The van der Waals surface area contributed by atoms with Crippen LogP contribution in [0.4, 0.5) is 11.5 Å². The van der Waals surface area contributed by atoms with Gasteiger partial charge in [-0.15, -0.1) is 0 Å². The van der Waals surface area contributed by atoms with Crippen LogP contribution in [0.2, 0.25) is 0 Å². The van der Waals surface area contributed by atoms with Gasteiger partial charge in [-0.3, -0.25) is 4.79 Å². The first kappa shape index (κ1) is 18.0. The maximum Gasteiger partial charge on any atom is 0.224 e. The average Bonchev–Trinajstić information content (AvgIpc) is 3.21. The molecule has 3 rings (SSSR count). The van der Waals surface area contributed by atoms with E-state index in [0.717, 1.165) is 36.1 Å². The Morgan fingerprint density at radius 1 is 1.12 bits per heavy atom. The molecule has 1 aliphatic rings. The second-order valence-electron chi connectivity index (χ2n) is 6.27. The van der Waals surface area contributed by atoms with Gasteiger partial charge in [-0.25, -0.2) is 4.98 Å². The van der Waals surface area contributed by atoms with E-state index in [1.54, 1.807) is 13.3 Å². The Morgan fingerprint density at radius 3 is 2.50 bits per heavy atom. The van der Waals surface area contributed by atoms with E-state index < -0.39 is 0 Å². The fourth-order valence-electron chi connectivity index (χ4n) is 2.91. The SMILES string of the molecule is COc1ccc(OCCCC(=O)Nc2ccc(N3CCCC3)nc2)cc1. The molecule has 0 unspecified atom stereocenters. The summed E-state index contributed by atoms with van der Waals surface area (Å²) in [6, 6.07) is 11.3. The van der Waals surface area contributed by atoms with Crippen molar-refractivity contribution in [3.63, 3.8) is 0 Å². The molecule has 1 fully saturated rings. The first-order valence-corrected chi connectivity index (χ1v) is 9.02. The van der Waals surface area contributed by atoms with Gasteiger partial charge in [-0.1, -0.05) is 0 Å². The molecule has 1 saturated heterocycles. The quantitative estimate of drug-likeness (QED) is 0.735. The molecule has 138 valence electrons. The second kappa shape index (κ2) is 9.08. The summed E-state index contributed by atoms with van der Waals surface area (Å²) in [5, 5.41) is 2.88. The Morgan fingerprint density at radius 2 is 1.85 bits per heavy atom. The molecule has 1 amide bonds. The number of anilines is 2. The zero-order valence-electron chi connectivity index (χ0n) is 15.1. The van der Waals surface area contributed by atoms with Crippen molar-refractivity contribution in [2.75, 3.05) is 37.0 Å². The van der Waals surface area contributed by atoms with Gasteiger partial charge in [0.1, 0.15) is 17.3 Å². The topological polar surface area (TPSA) is 63.7 Å². The third-order valence-electron chi connectivity index (χ3n) is 4.34. The van der Waals surface area contributed by atoms with Crippen molar-refractivity contribution in [1.29, 1.82) is 0 Å². The lowest BCUT2D eigenvalue weighted by Gasteiger charge is -2.16. The maximum atomic E-state index is 12.0. The smallest absolute Gasteiger partial charge is 0.224 e. The molecule has 0 radical (unpaired) electrons. The first-order valence-electron chi connectivity index (χ1n) is 9.02. The molecule has 0 aliphatic carbocycles. The maximum absolute atomic E-state index is 12.0. The largest absolute Gasteiger partial charge is 0.497 e. The van der Waals surface area contributed by atoms with Gasteiger partial charge >= 0.3 is 0 Å². The Balaban J connectivity index is 1.36. The average molecular weight is 355 g/mol. The molecule has 1 aliphatic heterocycles. The second-order valence-corrected chi connectivity index (χ2v) is 6.27. The van der Waals surface area contributed by atoms with E-state index in [4.69, 9.17) is 9.47 Å². The number of hydrogen-bond acceptors (Lipinski definition) is 5. The molecule has 26 heavy (non-hydrogen) atoms. The van der Waals surface area contributed by atoms with Crippen LogP contribution in [0.5, 0.6) is 11.5 Å². The molecular formula is C20H25N3O3. The van der Waals surface area contributed by atoms with Gasteiger partial charge < -0.3 is 19.7 Å². The van der Waals surface area contributed by atoms with Gasteiger partial charge in [0.2, 0.25) is 5.91 Å². The van der Waals surface area contributed by atoms with Crippen molar-refractivity contribution in [2.45, 2.75) is 25.7 Å². The van der Waals surface area contributed by atoms with Crippen LogP contribution in [0.25, 0.3) is 0 Å². The lowest BCUT2D eigenvalue weighted by molar-refractivity contribution is -0.116. The van der Waals surface area contributed by atoms with Gasteiger partial charge in [0, 0.05) is 19.5 Å². The zero-order chi connectivity index (χ0) is 18.2. The minimum absolute atomic E-state index is 0.0287. The molecule has 0 spiro atoms. The van der Waals surface area contributed by atoms with Gasteiger partial charge in [-0.2, -0.15) is 0 Å². The minimum Gasteiger partial charge on any atom is -0.497 e. The van der Waals surface area contributed by atoms with E-state index in [1.165, 1.54) is 12.8 Å². The number of carbonyl (C=O) groups excluding carboxylic acids is 1. The molecule has 1 aromatic heterocycles.